The summed E-state index contributed by atoms with van der Waals surface area (Å²) in [5.74, 6) is 1.52. The van der Waals surface area contributed by atoms with E-state index in [1.54, 1.807) is 10.4 Å². The molecule has 2 aromatic heterocycles. The van der Waals surface area contributed by atoms with Gasteiger partial charge in [0, 0.05) is 30.1 Å². The minimum atomic E-state index is -3.52. The zero-order chi connectivity index (χ0) is 17.1. The molecule has 0 aromatic carbocycles. The van der Waals surface area contributed by atoms with E-state index in [2.05, 4.69) is 5.16 Å². The molecule has 0 bridgehead atoms. The Morgan fingerprint density at radius 2 is 2.04 bits per heavy atom. The lowest BCUT2D eigenvalue weighted by atomic mass is 9.99. The molecule has 0 amide bonds. The highest BCUT2D eigenvalue weighted by atomic mass is 32.2. The predicted octanol–water partition coefficient (Wildman–Crippen LogP) is 2.38. The van der Waals surface area contributed by atoms with Crippen LogP contribution in [0, 0.1) is 25.7 Å². The van der Waals surface area contributed by atoms with Crippen molar-refractivity contribution in [3.05, 3.63) is 22.7 Å². The molecule has 1 aliphatic heterocycles. The van der Waals surface area contributed by atoms with Crippen molar-refractivity contribution in [3.8, 4) is 10.6 Å². The molecule has 130 valence electrons. The summed E-state index contributed by atoms with van der Waals surface area (Å²) in [6.07, 6.45) is 2.36. The van der Waals surface area contributed by atoms with Crippen LogP contribution in [0.1, 0.15) is 23.4 Å². The van der Waals surface area contributed by atoms with Gasteiger partial charge in [0.25, 0.3) is 0 Å². The van der Waals surface area contributed by atoms with E-state index >= 15 is 0 Å². The maximum atomic E-state index is 13.1. The molecule has 1 saturated carbocycles. The summed E-state index contributed by atoms with van der Waals surface area (Å²) in [5, 5.41) is 3.87. The van der Waals surface area contributed by atoms with Crippen molar-refractivity contribution in [1.29, 1.82) is 0 Å². The van der Waals surface area contributed by atoms with Crippen LogP contribution in [-0.4, -0.2) is 37.0 Å². The molecule has 1 saturated heterocycles. The molecule has 3 heterocycles. The fraction of sp³-hybridized carbons (Fsp3) is 0.562. The van der Waals surface area contributed by atoms with E-state index < -0.39 is 10.0 Å². The minimum Gasteiger partial charge on any atom is -0.355 e. The number of aromatic nitrogens is 1. The third-order valence-electron chi connectivity index (χ3n) is 4.97. The van der Waals surface area contributed by atoms with Gasteiger partial charge in [-0.1, -0.05) is 5.16 Å². The molecule has 4 rings (SSSR count). The van der Waals surface area contributed by atoms with Gasteiger partial charge >= 0.3 is 0 Å². The lowest BCUT2D eigenvalue weighted by Crippen LogP contribution is -2.32. The topological polar surface area (TPSA) is 89.4 Å². The average molecular weight is 367 g/mol. The first kappa shape index (κ1) is 16.3. The fourth-order valence-corrected chi connectivity index (χ4v) is 6.52. The Bertz CT molecular complexity index is 867. The van der Waals surface area contributed by atoms with Crippen LogP contribution >= 0.6 is 11.3 Å². The van der Waals surface area contributed by atoms with Crippen molar-refractivity contribution in [2.45, 2.75) is 37.6 Å². The number of nitrogens with two attached hydrogens (primary N) is 1. The summed E-state index contributed by atoms with van der Waals surface area (Å²) in [4.78, 5) is 1.91. The number of thiophene rings is 1. The Labute approximate surface area is 145 Å². The first-order valence-corrected chi connectivity index (χ1v) is 10.4. The number of nitrogens with zero attached hydrogens (tertiary/aromatic N) is 2. The van der Waals surface area contributed by atoms with Crippen LogP contribution in [0.2, 0.25) is 0 Å². The largest absolute Gasteiger partial charge is 0.355 e. The fourth-order valence-electron chi connectivity index (χ4n) is 3.50. The van der Waals surface area contributed by atoms with Crippen LogP contribution in [0.4, 0.5) is 0 Å². The predicted molar refractivity (Wildman–Crippen MR) is 92.2 cm³/mol. The van der Waals surface area contributed by atoms with E-state index in [9.17, 15) is 8.42 Å². The van der Waals surface area contributed by atoms with Gasteiger partial charge in [-0.15, -0.1) is 11.3 Å². The summed E-state index contributed by atoms with van der Waals surface area (Å²) in [7, 11) is -3.52. The SMILES string of the molecule is Cc1cc(-c2cc(S(=O)(=O)N3C[C@H](C4CC4)[C@@H](N)C3)c(C)s2)on1. The van der Waals surface area contributed by atoms with E-state index in [4.69, 9.17) is 10.3 Å². The number of rotatable bonds is 4. The Kier molecular flexibility index (Phi) is 3.83. The van der Waals surface area contributed by atoms with Crippen molar-refractivity contribution in [3.63, 3.8) is 0 Å². The first-order chi connectivity index (χ1) is 11.4. The number of hydrogen-bond acceptors (Lipinski definition) is 6. The summed E-state index contributed by atoms with van der Waals surface area (Å²) in [5.41, 5.74) is 6.97. The average Bonchev–Trinajstić information content (AvgIpc) is 2.93. The van der Waals surface area contributed by atoms with Crippen molar-refractivity contribution in [2.24, 2.45) is 17.6 Å². The van der Waals surface area contributed by atoms with Crippen molar-refractivity contribution < 1.29 is 12.9 Å². The van der Waals surface area contributed by atoms with Gasteiger partial charge in [0.15, 0.2) is 5.76 Å². The monoisotopic (exact) mass is 367 g/mol. The number of hydrogen-bond donors (Lipinski definition) is 1. The molecule has 0 spiro atoms. The van der Waals surface area contributed by atoms with Gasteiger partial charge in [0.05, 0.1) is 15.5 Å². The van der Waals surface area contributed by atoms with Gasteiger partial charge in [-0.3, -0.25) is 0 Å². The van der Waals surface area contributed by atoms with Gasteiger partial charge in [0.1, 0.15) is 0 Å². The number of sulfonamides is 1. The molecular weight excluding hydrogens is 346 g/mol. The third-order valence-corrected chi connectivity index (χ3v) is 8.12. The van der Waals surface area contributed by atoms with E-state index in [-0.39, 0.29) is 6.04 Å². The first-order valence-electron chi connectivity index (χ1n) is 8.16. The van der Waals surface area contributed by atoms with Gasteiger partial charge < -0.3 is 10.3 Å². The second-order valence-corrected chi connectivity index (χ2v) is 10.0. The second-order valence-electron chi connectivity index (χ2n) is 6.85. The summed E-state index contributed by atoms with van der Waals surface area (Å²) < 4.78 is 33.0. The highest BCUT2D eigenvalue weighted by Crippen LogP contribution is 2.43. The molecule has 8 heteroatoms. The summed E-state index contributed by atoms with van der Waals surface area (Å²) in [6.45, 7) is 4.63. The van der Waals surface area contributed by atoms with Crippen LogP contribution in [0.3, 0.4) is 0 Å². The zero-order valence-corrected chi connectivity index (χ0v) is 15.4. The molecule has 24 heavy (non-hydrogen) atoms. The lowest BCUT2D eigenvalue weighted by Gasteiger charge is -2.16. The molecule has 0 unspecified atom stereocenters. The smallest absolute Gasteiger partial charge is 0.244 e. The molecule has 2 N–H and O–H groups in total. The molecule has 1 aliphatic carbocycles. The highest BCUT2D eigenvalue weighted by molar-refractivity contribution is 7.89. The normalized spacial score (nSPS) is 25.5. The van der Waals surface area contributed by atoms with E-state index in [0.717, 1.165) is 15.4 Å². The Morgan fingerprint density at radius 1 is 1.29 bits per heavy atom. The van der Waals surface area contributed by atoms with Gasteiger partial charge in [0.2, 0.25) is 10.0 Å². The zero-order valence-electron chi connectivity index (χ0n) is 13.7. The second kappa shape index (κ2) is 5.66. The van der Waals surface area contributed by atoms with Crippen LogP contribution in [0.15, 0.2) is 21.6 Å². The Hall–Kier alpha value is -1.22. The maximum absolute atomic E-state index is 13.1. The minimum absolute atomic E-state index is 0.0531. The van der Waals surface area contributed by atoms with Gasteiger partial charge in [-0.05, 0) is 44.6 Å². The van der Waals surface area contributed by atoms with E-state index in [1.165, 1.54) is 24.2 Å². The van der Waals surface area contributed by atoms with Crippen molar-refractivity contribution in [2.75, 3.05) is 13.1 Å². The van der Waals surface area contributed by atoms with Crippen LogP contribution in [-0.2, 0) is 10.0 Å². The number of aryl methyl sites for hydroxylation is 2. The third kappa shape index (κ3) is 2.71. The lowest BCUT2D eigenvalue weighted by molar-refractivity contribution is 0.427. The van der Waals surface area contributed by atoms with Crippen molar-refractivity contribution >= 4 is 21.4 Å². The Balaban J connectivity index is 1.64. The van der Waals surface area contributed by atoms with E-state index in [0.29, 0.717) is 35.6 Å². The van der Waals surface area contributed by atoms with Crippen LogP contribution in [0.5, 0.6) is 0 Å². The molecule has 2 aliphatic rings. The molecule has 2 fully saturated rings. The Morgan fingerprint density at radius 3 is 2.67 bits per heavy atom. The van der Waals surface area contributed by atoms with Gasteiger partial charge in [-0.2, -0.15) is 4.31 Å². The maximum Gasteiger partial charge on any atom is 0.244 e. The molecule has 2 atom stereocenters. The summed E-state index contributed by atoms with van der Waals surface area (Å²) >= 11 is 1.42. The van der Waals surface area contributed by atoms with Gasteiger partial charge in [-0.25, -0.2) is 8.42 Å². The molecule has 6 nitrogen and oxygen atoms in total. The summed E-state index contributed by atoms with van der Waals surface area (Å²) in [6, 6.07) is 3.46. The highest BCUT2D eigenvalue weighted by Gasteiger charge is 2.45. The van der Waals surface area contributed by atoms with Crippen LogP contribution in [0.25, 0.3) is 10.6 Å². The molecule has 0 radical (unpaired) electrons. The molecule has 2 aromatic rings. The quantitative estimate of drug-likeness (QED) is 0.896. The van der Waals surface area contributed by atoms with Crippen LogP contribution < -0.4 is 5.73 Å². The van der Waals surface area contributed by atoms with Crippen molar-refractivity contribution in [1.82, 2.24) is 9.46 Å². The standard InChI is InChI=1S/C16H21N3O3S2/c1-9-5-14(22-18-9)15-6-16(10(2)23-15)24(20,21)19-7-12(11-3-4-11)13(17)8-19/h5-6,11-13H,3-4,7-8,17H2,1-2H3/t12-,13+/m1/s1. The molecular formula is C16H21N3O3S2. The van der Waals surface area contributed by atoms with E-state index in [1.807, 2.05) is 19.9 Å².